The van der Waals surface area contributed by atoms with E-state index in [1.807, 2.05) is 18.2 Å². The zero-order chi connectivity index (χ0) is 16.4. The minimum Gasteiger partial charge on any atom is -0.423 e. The Hall–Kier alpha value is -2.74. The highest BCUT2D eigenvalue weighted by atomic mass is 35.5. The summed E-state index contributed by atoms with van der Waals surface area (Å²) in [6.07, 6.45) is 0.464. The van der Waals surface area contributed by atoms with Gasteiger partial charge in [-0.25, -0.2) is 0 Å². The first-order valence-electron chi connectivity index (χ1n) is 6.76. The third-order valence-corrected chi connectivity index (χ3v) is 3.43. The van der Waals surface area contributed by atoms with E-state index in [-0.39, 0.29) is 12.4 Å². The van der Waals surface area contributed by atoms with Crippen molar-refractivity contribution in [3.05, 3.63) is 68.5 Å². The molecule has 0 radical (unpaired) electrons. The lowest BCUT2D eigenvalue weighted by Gasteiger charge is -1.97. The second-order valence-electron chi connectivity index (χ2n) is 4.95. The Labute approximate surface area is 135 Å². The molecule has 0 saturated heterocycles. The molecule has 0 saturated carbocycles. The van der Waals surface area contributed by atoms with Gasteiger partial charge in [0.15, 0.2) is 0 Å². The Balaban J connectivity index is 1.73. The van der Waals surface area contributed by atoms with Crippen molar-refractivity contribution in [1.29, 1.82) is 0 Å². The molecule has 0 aliphatic heterocycles. The van der Waals surface area contributed by atoms with Gasteiger partial charge < -0.3 is 14.5 Å². The number of hydrogen-bond donors (Lipinski definition) is 0. The van der Waals surface area contributed by atoms with Crippen molar-refractivity contribution >= 4 is 17.4 Å². The molecule has 2 heterocycles. The average Bonchev–Trinajstić information content (AvgIpc) is 3.07. The maximum atomic E-state index is 10.7. The van der Waals surface area contributed by atoms with Crippen molar-refractivity contribution in [1.82, 2.24) is 20.0 Å². The topological polar surface area (TPSA) is 99.9 Å². The highest BCUT2D eigenvalue weighted by Gasteiger charge is 2.17. The van der Waals surface area contributed by atoms with E-state index in [1.165, 1.54) is 10.7 Å². The van der Waals surface area contributed by atoms with Crippen LogP contribution in [-0.4, -0.2) is 24.9 Å². The molecule has 2 aromatic heterocycles. The first-order chi connectivity index (χ1) is 11.0. The van der Waals surface area contributed by atoms with Crippen LogP contribution in [0.5, 0.6) is 0 Å². The van der Waals surface area contributed by atoms with E-state index in [2.05, 4.69) is 15.3 Å². The molecule has 0 aliphatic carbocycles. The van der Waals surface area contributed by atoms with E-state index >= 15 is 0 Å². The van der Waals surface area contributed by atoms with E-state index < -0.39 is 4.92 Å². The Morgan fingerprint density at radius 1 is 1.30 bits per heavy atom. The average molecular weight is 334 g/mol. The minimum atomic E-state index is -0.540. The van der Waals surface area contributed by atoms with Gasteiger partial charge >= 0.3 is 5.82 Å². The first-order valence-corrected chi connectivity index (χ1v) is 7.13. The molecule has 3 rings (SSSR count). The number of halogens is 1. The highest BCUT2D eigenvalue weighted by Crippen LogP contribution is 2.16. The standard InChI is InChI=1S/C14H12ClN5O3/c1-9-5-12(20(21)22)18-19(9)8-14-17-16-13(23-14)7-10-3-2-4-11(15)6-10/h2-6H,7-8H2,1H3. The number of aryl methyl sites for hydroxylation is 1. The van der Waals surface area contributed by atoms with Crippen molar-refractivity contribution in [2.24, 2.45) is 0 Å². The number of rotatable bonds is 5. The zero-order valence-corrected chi connectivity index (χ0v) is 12.9. The maximum Gasteiger partial charge on any atom is 0.390 e. The maximum absolute atomic E-state index is 10.7. The fraction of sp³-hybridized carbons (Fsp3) is 0.214. The van der Waals surface area contributed by atoms with Gasteiger partial charge in [-0.2, -0.15) is 4.68 Å². The summed E-state index contributed by atoms with van der Waals surface area (Å²) >= 11 is 5.94. The molecule has 0 amide bonds. The zero-order valence-electron chi connectivity index (χ0n) is 12.1. The largest absolute Gasteiger partial charge is 0.423 e. The normalized spacial score (nSPS) is 10.9. The number of benzene rings is 1. The number of aromatic nitrogens is 4. The summed E-state index contributed by atoms with van der Waals surface area (Å²) in [4.78, 5) is 10.2. The molecule has 23 heavy (non-hydrogen) atoms. The van der Waals surface area contributed by atoms with Crippen molar-refractivity contribution in [2.45, 2.75) is 19.9 Å². The summed E-state index contributed by atoms with van der Waals surface area (Å²) in [5.74, 6) is 0.575. The second kappa shape index (κ2) is 6.17. The Bertz CT molecular complexity index is 858. The highest BCUT2D eigenvalue weighted by molar-refractivity contribution is 6.30. The van der Waals surface area contributed by atoms with Crippen molar-refractivity contribution in [2.75, 3.05) is 0 Å². The summed E-state index contributed by atoms with van der Waals surface area (Å²) in [5.41, 5.74) is 1.60. The van der Waals surface area contributed by atoms with Crippen LogP contribution in [0.25, 0.3) is 0 Å². The van der Waals surface area contributed by atoms with E-state index in [0.29, 0.717) is 28.9 Å². The molecule has 0 fully saturated rings. The molecular formula is C14H12ClN5O3. The number of nitrogens with zero attached hydrogens (tertiary/aromatic N) is 5. The van der Waals surface area contributed by atoms with E-state index in [1.54, 1.807) is 13.0 Å². The van der Waals surface area contributed by atoms with E-state index in [4.69, 9.17) is 16.0 Å². The molecule has 0 N–H and O–H groups in total. The lowest BCUT2D eigenvalue weighted by atomic mass is 10.1. The van der Waals surface area contributed by atoms with Gasteiger partial charge in [-0.15, -0.1) is 10.2 Å². The molecule has 0 aliphatic rings. The molecule has 0 bridgehead atoms. The van der Waals surface area contributed by atoms with Crippen LogP contribution in [0.4, 0.5) is 5.82 Å². The smallest absolute Gasteiger partial charge is 0.390 e. The van der Waals surface area contributed by atoms with Gasteiger partial charge in [-0.05, 0) is 29.5 Å². The van der Waals surface area contributed by atoms with Gasteiger partial charge in [0.2, 0.25) is 11.8 Å². The van der Waals surface area contributed by atoms with Gasteiger partial charge in [0.1, 0.15) is 6.54 Å². The van der Waals surface area contributed by atoms with Crippen LogP contribution in [0, 0.1) is 17.0 Å². The summed E-state index contributed by atoms with van der Waals surface area (Å²) in [5, 5.41) is 23.2. The SMILES string of the molecule is Cc1cc([N+](=O)[O-])nn1Cc1nnc(Cc2cccc(Cl)c2)o1. The lowest BCUT2D eigenvalue weighted by molar-refractivity contribution is -0.389. The second-order valence-corrected chi connectivity index (χ2v) is 5.39. The summed E-state index contributed by atoms with van der Waals surface area (Å²) in [6.45, 7) is 1.91. The molecule has 1 aromatic carbocycles. The predicted octanol–water partition coefficient (Wildman–Crippen LogP) is 2.78. The Kier molecular flexibility index (Phi) is 4.07. The minimum absolute atomic E-state index is 0.183. The van der Waals surface area contributed by atoms with Gasteiger partial charge in [0.25, 0.3) is 0 Å². The van der Waals surface area contributed by atoms with Crippen molar-refractivity contribution in [3.63, 3.8) is 0 Å². The third-order valence-electron chi connectivity index (χ3n) is 3.19. The third kappa shape index (κ3) is 3.54. The van der Waals surface area contributed by atoms with Crippen LogP contribution in [0.2, 0.25) is 5.02 Å². The van der Waals surface area contributed by atoms with Crippen LogP contribution in [0.15, 0.2) is 34.7 Å². The van der Waals surface area contributed by atoms with Crippen molar-refractivity contribution < 1.29 is 9.34 Å². The quantitative estimate of drug-likeness (QED) is 0.525. The predicted molar refractivity (Wildman–Crippen MR) is 81.3 cm³/mol. The number of nitro groups is 1. The van der Waals surface area contributed by atoms with Gasteiger partial charge in [-0.1, -0.05) is 23.7 Å². The van der Waals surface area contributed by atoms with Crippen LogP contribution >= 0.6 is 11.6 Å². The van der Waals surface area contributed by atoms with Gasteiger partial charge in [-0.3, -0.25) is 0 Å². The molecule has 0 unspecified atom stereocenters. The monoisotopic (exact) mass is 333 g/mol. The first kappa shape index (κ1) is 15.2. The van der Waals surface area contributed by atoms with Crippen LogP contribution in [-0.2, 0) is 13.0 Å². The molecule has 8 nitrogen and oxygen atoms in total. The molecule has 0 atom stereocenters. The summed E-state index contributed by atoms with van der Waals surface area (Å²) in [7, 11) is 0. The van der Waals surface area contributed by atoms with E-state index in [9.17, 15) is 10.1 Å². The molecular weight excluding hydrogens is 322 g/mol. The fourth-order valence-corrected chi connectivity index (χ4v) is 2.33. The van der Waals surface area contributed by atoms with Crippen molar-refractivity contribution in [3.8, 4) is 0 Å². The summed E-state index contributed by atoms with van der Waals surface area (Å²) < 4.78 is 7.01. The Morgan fingerprint density at radius 2 is 2.09 bits per heavy atom. The van der Waals surface area contributed by atoms with Crippen LogP contribution < -0.4 is 0 Å². The molecule has 118 valence electrons. The van der Waals surface area contributed by atoms with E-state index in [0.717, 1.165) is 5.56 Å². The fourth-order valence-electron chi connectivity index (χ4n) is 2.12. The van der Waals surface area contributed by atoms with Gasteiger partial charge in [0, 0.05) is 5.02 Å². The van der Waals surface area contributed by atoms with Crippen LogP contribution in [0.3, 0.4) is 0 Å². The number of hydrogen-bond acceptors (Lipinski definition) is 6. The van der Waals surface area contributed by atoms with Crippen LogP contribution in [0.1, 0.15) is 23.0 Å². The molecule has 0 spiro atoms. The molecule has 3 aromatic rings. The lowest BCUT2D eigenvalue weighted by Crippen LogP contribution is -2.04. The molecule has 9 heteroatoms. The van der Waals surface area contributed by atoms with Gasteiger partial charge in [0.05, 0.1) is 23.3 Å². The summed E-state index contributed by atoms with van der Waals surface area (Å²) in [6, 6.07) is 8.77. The Morgan fingerprint density at radius 3 is 2.78 bits per heavy atom.